The summed E-state index contributed by atoms with van der Waals surface area (Å²) < 4.78 is 10.5. The molecule has 1 aliphatic heterocycles. The number of rotatable bonds is 6. The van der Waals surface area contributed by atoms with Gasteiger partial charge in [-0.1, -0.05) is 0 Å². The maximum Gasteiger partial charge on any atom is 0.337 e. The Kier molecular flexibility index (Phi) is 5.78. The Morgan fingerprint density at radius 3 is 2.58 bits per heavy atom. The van der Waals surface area contributed by atoms with Gasteiger partial charge in [0.1, 0.15) is 12.4 Å². The number of carbonyl (C=O) groups is 3. The smallest absolute Gasteiger partial charge is 0.337 e. The van der Waals surface area contributed by atoms with Crippen molar-refractivity contribution < 1.29 is 23.9 Å². The predicted octanol–water partition coefficient (Wildman–Crippen LogP) is 0.555. The SMILES string of the molecule is CCOC(=O)C1=C(COc2ccc(C(=O)NC)cc2)NC(=O)NC1. The normalized spacial score (nSPS) is 13.7. The third kappa shape index (κ3) is 4.25. The third-order valence-corrected chi connectivity index (χ3v) is 3.30. The number of hydrogen-bond acceptors (Lipinski definition) is 5. The van der Waals surface area contributed by atoms with Crippen LogP contribution in [0, 0.1) is 0 Å². The first-order valence-corrected chi connectivity index (χ1v) is 7.44. The summed E-state index contributed by atoms with van der Waals surface area (Å²) in [5.41, 5.74) is 1.18. The van der Waals surface area contributed by atoms with Crippen LogP contribution in [0.5, 0.6) is 5.75 Å². The van der Waals surface area contributed by atoms with Crippen molar-refractivity contribution in [1.82, 2.24) is 16.0 Å². The van der Waals surface area contributed by atoms with Gasteiger partial charge >= 0.3 is 12.0 Å². The molecular weight excluding hydrogens is 314 g/mol. The molecule has 0 saturated heterocycles. The van der Waals surface area contributed by atoms with Gasteiger partial charge in [0, 0.05) is 12.6 Å². The van der Waals surface area contributed by atoms with Gasteiger partial charge in [-0.25, -0.2) is 9.59 Å². The summed E-state index contributed by atoms with van der Waals surface area (Å²) in [6, 6.07) is 6.11. The first kappa shape index (κ1) is 17.3. The zero-order valence-corrected chi connectivity index (χ0v) is 13.5. The minimum Gasteiger partial charge on any atom is -0.487 e. The molecule has 8 nitrogen and oxygen atoms in total. The van der Waals surface area contributed by atoms with Crippen LogP contribution in [0.3, 0.4) is 0 Å². The van der Waals surface area contributed by atoms with Crippen molar-refractivity contribution in [2.24, 2.45) is 0 Å². The van der Waals surface area contributed by atoms with Crippen molar-refractivity contribution >= 4 is 17.9 Å². The number of ether oxygens (including phenoxy) is 2. The van der Waals surface area contributed by atoms with Gasteiger partial charge in [-0.15, -0.1) is 0 Å². The zero-order chi connectivity index (χ0) is 17.5. The Morgan fingerprint density at radius 2 is 1.96 bits per heavy atom. The standard InChI is InChI=1S/C16H19N3O5/c1-3-23-15(21)12-8-18-16(22)19-13(12)9-24-11-6-4-10(5-7-11)14(20)17-2/h4-7H,3,8-9H2,1-2H3,(H,17,20)(H2,18,19,22). The molecular formula is C16H19N3O5. The molecule has 0 spiro atoms. The maximum absolute atomic E-state index is 11.9. The van der Waals surface area contributed by atoms with Crippen LogP contribution in [-0.4, -0.2) is 44.7 Å². The number of amides is 3. The van der Waals surface area contributed by atoms with Crippen LogP contribution in [0.4, 0.5) is 4.79 Å². The molecule has 0 fully saturated rings. The number of hydrogen-bond donors (Lipinski definition) is 3. The number of urea groups is 1. The average Bonchev–Trinajstić information content (AvgIpc) is 2.60. The first-order valence-electron chi connectivity index (χ1n) is 7.44. The molecule has 1 heterocycles. The van der Waals surface area contributed by atoms with E-state index in [1.807, 2.05) is 0 Å². The van der Waals surface area contributed by atoms with E-state index < -0.39 is 12.0 Å². The summed E-state index contributed by atoms with van der Waals surface area (Å²) in [6.07, 6.45) is 0. The van der Waals surface area contributed by atoms with E-state index in [1.165, 1.54) is 0 Å². The third-order valence-electron chi connectivity index (χ3n) is 3.30. The molecule has 0 aromatic heterocycles. The molecule has 2 rings (SSSR count). The van der Waals surface area contributed by atoms with E-state index in [0.717, 1.165) is 0 Å². The van der Waals surface area contributed by atoms with Gasteiger partial charge in [-0.05, 0) is 31.2 Å². The lowest BCUT2D eigenvalue weighted by molar-refractivity contribution is -0.138. The second-order valence-electron chi connectivity index (χ2n) is 4.88. The van der Waals surface area contributed by atoms with Crippen LogP contribution >= 0.6 is 0 Å². The largest absolute Gasteiger partial charge is 0.487 e. The minimum absolute atomic E-state index is 0.000881. The highest BCUT2D eigenvalue weighted by Gasteiger charge is 2.23. The molecule has 3 amide bonds. The Morgan fingerprint density at radius 1 is 1.25 bits per heavy atom. The van der Waals surface area contributed by atoms with Gasteiger partial charge in [0.2, 0.25) is 0 Å². The lowest BCUT2D eigenvalue weighted by Gasteiger charge is -2.21. The maximum atomic E-state index is 11.9. The van der Waals surface area contributed by atoms with E-state index in [2.05, 4.69) is 16.0 Å². The molecule has 0 atom stereocenters. The van der Waals surface area contributed by atoms with Gasteiger partial charge in [0.15, 0.2) is 0 Å². The Balaban J connectivity index is 2.08. The van der Waals surface area contributed by atoms with Crippen molar-refractivity contribution in [1.29, 1.82) is 0 Å². The summed E-state index contributed by atoms with van der Waals surface area (Å²) >= 11 is 0. The number of nitrogens with one attached hydrogen (secondary N) is 3. The van der Waals surface area contributed by atoms with E-state index in [-0.39, 0.29) is 25.7 Å². The van der Waals surface area contributed by atoms with Crippen LogP contribution in [-0.2, 0) is 9.53 Å². The summed E-state index contributed by atoms with van der Waals surface area (Å²) in [4.78, 5) is 34.8. The molecule has 3 N–H and O–H groups in total. The molecule has 0 bridgehead atoms. The minimum atomic E-state index is -0.501. The van der Waals surface area contributed by atoms with E-state index >= 15 is 0 Å². The van der Waals surface area contributed by atoms with Gasteiger partial charge in [0.25, 0.3) is 5.91 Å². The van der Waals surface area contributed by atoms with Crippen molar-refractivity contribution in [2.45, 2.75) is 6.92 Å². The van der Waals surface area contributed by atoms with Gasteiger partial charge in [0.05, 0.1) is 24.4 Å². The van der Waals surface area contributed by atoms with Crippen LogP contribution in [0.2, 0.25) is 0 Å². The molecule has 0 aliphatic carbocycles. The summed E-state index contributed by atoms with van der Waals surface area (Å²) in [5, 5.41) is 7.60. The van der Waals surface area contributed by atoms with Gasteiger partial charge < -0.3 is 25.4 Å². The monoisotopic (exact) mass is 333 g/mol. The van der Waals surface area contributed by atoms with Crippen LogP contribution in [0.15, 0.2) is 35.5 Å². The Hall–Kier alpha value is -3.03. The highest BCUT2D eigenvalue weighted by atomic mass is 16.5. The molecule has 0 unspecified atom stereocenters. The van der Waals surface area contributed by atoms with Gasteiger partial charge in [-0.3, -0.25) is 4.79 Å². The second kappa shape index (κ2) is 8.00. The van der Waals surface area contributed by atoms with Crippen molar-refractivity contribution in [2.75, 3.05) is 26.8 Å². The highest BCUT2D eigenvalue weighted by molar-refractivity contribution is 5.94. The molecule has 1 aromatic carbocycles. The van der Waals surface area contributed by atoms with E-state index in [0.29, 0.717) is 22.6 Å². The topological polar surface area (TPSA) is 106 Å². The number of benzene rings is 1. The van der Waals surface area contributed by atoms with Crippen LogP contribution < -0.4 is 20.7 Å². The Labute approximate surface area is 139 Å². The molecule has 128 valence electrons. The summed E-state index contributed by atoms with van der Waals surface area (Å²) in [7, 11) is 1.55. The van der Waals surface area contributed by atoms with E-state index in [9.17, 15) is 14.4 Å². The summed E-state index contributed by atoms with van der Waals surface area (Å²) in [6.45, 7) is 2.03. The highest BCUT2D eigenvalue weighted by Crippen LogP contribution is 2.15. The zero-order valence-electron chi connectivity index (χ0n) is 13.5. The fourth-order valence-corrected chi connectivity index (χ4v) is 2.07. The lowest BCUT2D eigenvalue weighted by atomic mass is 10.1. The average molecular weight is 333 g/mol. The molecule has 8 heteroatoms. The fraction of sp³-hybridized carbons (Fsp3) is 0.312. The predicted molar refractivity (Wildman–Crippen MR) is 85.5 cm³/mol. The molecule has 0 radical (unpaired) electrons. The molecule has 1 aliphatic rings. The lowest BCUT2D eigenvalue weighted by Crippen LogP contribution is -2.45. The van der Waals surface area contributed by atoms with E-state index in [4.69, 9.17) is 9.47 Å². The molecule has 24 heavy (non-hydrogen) atoms. The van der Waals surface area contributed by atoms with Crippen LogP contribution in [0.25, 0.3) is 0 Å². The summed E-state index contributed by atoms with van der Waals surface area (Å²) in [5.74, 6) is -0.191. The number of carbonyl (C=O) groups excluding carboxylic acids is 3. The quantitative estimate of drug-likeness (QED) is 0.660. The van der Waals surface area contributed by atoms with Crippen molar-refractivity contribution in [3.63, 3.8) is 0 Å². The first-order chi connectivity index (χ1) is 11.5. The van der Waals surface area contributed by atoms with Crippen molar-refractivity contribution in [3.05, 3.63) is 41.1 Å². The van der Waals surface area contributed by atoms with Crippen molar-refractivity contribution in [3.8, 4) is 5.75 Å². The Bertz CT molecular complexity index is 667. The fourth-order valence-electron chi connectivity index (χ4n) is 2.07. The molecule has 1 aromatic rings. The number of esters is 1. The molecule has 0 saturated carbocycles. The van der Waals surface area contributed by atoms with Gasteiger partial charge in [-0.2, -0.15) is 0 Å². The van der Waals surface area contributed by atoms with E-state index in [1.54, 1.807) is 38.2 Å². The second-order valence-corrected chi connectivity index (χ2v) is 4.88. The van der Waals surface area contributed by atoms with Crippen LogP contribution in [0.1, 0.15) is 17.3 Å².